The topological polar surface area (TPSA) is 76.5 Å². The summed E-state index contributed by atoms with van der Waals surface area (Å²) in [6.45, 7) is 2.68. The first kappa shape index (κ1) is 11.5. The lowest BCUT2D eigenvalue weighted by molar-refractivity contribution is -0.118. The summed E-state index contributed by atoms with van der Waals surface area (Å²) in [4.78, 5) is 23.9. The van der Waals surface area contributed by atoms with E-state index >= 15 is 0 Å². The van der Waals surface area contributed by atoms with Gasteiger partial charge < -0.3 is 10.2 Å². The number of ketones is 1. The monoisotopic (exact) mass is 210 g/mol. The first-order valence-corrected chi connectivity index (χ1v) is 4.70. The molecule has 5 heteroatoms. The van der Waals surface area contributed by atoms with Gasteiger partial charge in [0.25, 0.3) is 0 Å². The first-order chi connectivity index (χ1) is 7.13. The van der Waals surface area contributed by atoms with Gasteiger partial charge in [-0.05, 0) is 18.7 Å². The molecule has 82 valence electrons. The Kier molecular flexibility index (Phi) is 4.05. The molecule has 0 spiro atoms. The van der Waals surface area contributed by atoms with Crippen LogP contribution < -0.4 is 5.73 Å². The summed E-state index contributed by atoms with van der Waals surface area (Å²) in [5, 5.41) is 0. The maximum absolute atomic E-state index is 11.6. The number of amides is 1. The van der Waals surface area contributed by atoms with Crippen molar-refractivity contribution in [2.24, 2.45) is 5.73 Å². The number of rotatable bonds is 6. The highest BCUT2D eigenvalue weighted by molar-refractivity contribution is 5.95. The van der Waals surface area contributed by atoms with Crippen molar-refractivity contribution in [2.45, 2.75) is 6.92 Å². The van der Waals surface area contributed by atoms with Gasteiger partial charge in [0.05, 0.1) is 19.4 Å². The quantitative estimate of drug-likeness (QED) is 0.684. The lowest BCUT2D eigenvalue weighted by Crippen LogP contribution is -2.37. The lowest BCUT2D eigenvalue weighted by Gasteiger charge is -2.16. The van der Waals surface area contributed by atoms with Gasteiger partial charge in [-0.15, -0.1) is 0 Å². The van der Waals surface area contributed by atoms with Crippen molar-refractivity contribution in [3.63, 3.8) is 0 Å². The first-order valence-electron chi connectivity index (χ1n) is 4.70. The predicted molar refractivity (Wildman–Crippen MR) is 54.3 cm³/mol. The number of primary amides is 1. The van der Waals surface area contributed by atoms with E-state index in [0.29, 0.717) is 12.3 Å². The molecule has 1 heterocycles. The van der Waals surface area contributed by atoms with Gasteiger partial charge in [-0.3, -0.25) is 14.5 Å². The summed E-state index contributed by atoms with van der Waals surface area (Å²) in [6.07, 6.45) is 1.44. The SMILES string of the molecule is CCN(CC(N)=O)CC(=O)c1ccco1. The molecule has 0 saturated carbocycles. The van der Waals surface area contributed by atoms with Gasteiger partial charge in [0, 0.05) is 0 Å². The Hall–Kier alpha value is -1.62. The van der Waals surface area contributed by atoms with Crippen molar-refractivity contribution < 1.29 is 14.0 Å². The van der Waals surface area contributed by atoms with E-state index in [1.165, 1.54) is 6.26 Å². The number of nitrogens with two attached hydrogens (primary N) is 1. The van der Waals surface area contributed by atoms with Crippen molar-refractivity contribution in [3.8, 4) is 0 Å². The molecule has 5 nitrogen and oxygen atoms in total. The van der Waals surface area contributed by atoms with Crippen LogP contribution in [0.5, 0.6) is 0 Å². The molecular formula is C10H14N2O3. The zero-order chi connectivity index (χ0) is 11.3. The molecule has 0 aliphatic rings. The molecule has 0 bridgehead atoms. The number of hydrogen-bond donors (Lipinski definition) is 1. The highest BCUT2D eigenvalue weighted by Gasteiger charge is 2.14. The van der Waals surface area contributed by atoms with Gasteiger partial charge in [-0.25, -0.2) is 0 Å². The molecule has 0 aliphatic carbocycles. The Labute approximate surface area is 87.8 Å². The van der Waals surface area contributed by atoms with E-state index in [9.17, 15) is 9.59 Å². The third-order valence-corrected chi connectivity index (χ3v) is 1.99. The Balaban J connectivity index is 2.52. The van der Waals surface area contributed by atoms with Crippen LogP contribution in [0.3, 0.4) is 0 Å². The molecule has 0 atom stereocenters. The smallest absolute Gasteiger partial charge is 0.231 e. The van der Waals surface area contributed by atoms with Crippen molar-refractivity contribution in [1.82, 2.24) is 4.90 Å². The summed E-state index contributed by atoms with van der Waals surface area (Å²) in [5.41, 5.74) is 5.05. The summed E-state index contributed by atoms with van der Waals surface area (Å²) in [7, 11) is 0. The predicted octanol–water partition coefficient (Wildman–Crippen LogP) is 0.269. The number of furan rings is 1. The largest absolute Gasteiger partial charge is 0.461 e. The summed E-state index contributed by atoms with van der Waals surface area (Å²) in [6, 6.07) is 3.25. The van der Waals surface area contributed by atoms with E-state index in [-0.39, 0.29) is 18.9 Å². The third kappa shape index (κ3) is 3.55. The maximum atomic E-state index is 11.6. The molecule has 2 N–H and O–H groups in total. The Morgan fingerprint density at radius 1 is 1.47 bits per heavy atom. The van der Waals surface area contributed by atoms with E-state index in [0.717, 1.165) is 0 Å². The third-order valence-electron chi connectivity index (χ3n) is 1.99. The molecule has 0 unspecified atom stereocenters. The second-order valence-corrected chi connectivity index (χ2v) is 3.17. The van der Waals surface area contributed by atoms with E-state index in [1.54, 1.807) is 17.0 Å². The van der Waals surface area contributed by atoms with E-state index < -0.39 is 5.91 Å². The minimum Gasteiger partial charge on any atom is -0.461 e. The summed E-state index contributed by atoms with van der Waals surface area (Å²) in [5.74, 6) is -0.287. The average molecular weight is 210 g/mol. The second-order valence-electron chi connectivity index (χ2n) is 3.17. The van der Waals surface area contributed by atoms with Gasteiger partial charge in [-0.1, -0.05) is 6.92 Å². The fraction of sp³-hybridized carbons (Fsp3) is 0.400. The van der Waals surface area contributed by atoms with Crippen LogP contribution in [0.15, 0.2) is 22.8 Å². The number of likely N-dealkylation sites (N-methyl/N-ethyl adjacent to an activating group) is 1. The lowest BCUT2D eigenvalue weighted by atomic mass is 10.3. The van der Waals surface area contributed by atoms with Crippen molar-refractivity contribution in [2.75, 3.05) is 19.6 Å². The molecule has 0 aliphatic heterocycles. The molecule has 15 heavy (non-hydrogen) atoms. The van der Waals surface area contributed by atoms with Crippen molar-refractivity contribution in [3.05, 3.63) is 24.2 Å². The molecule has 0 saturated heterocycles. The number of nitrogens with zero attached hydrogens (tertiary/aromatic N) is 1. The normalized spacial score (nSPS) is 10.5. The highest BCUT2D eigenvalue weighted by Crippen LogP contribution is 2.02. The van der Waals surface area contributed by atoms with Gasteiger partial charge >= 0.3 is 0 Å². The number of Topliss-reactive ketones (excluding diaryl/α,β-unsaturated/α-hetero) is 1. The van der Waals surface area contributed by atoms with E-state index in [4.69, 9.17) is 10.2 Å². The minimum atomic E-state index is -0.441. The molecule has 0 fully saturated rings. The van der Waals surface area contributed by atoms with Crippen molar-refractivity contribution in [1.29, 1.82) is 0 Å². The van der Waals surface area contributed by atoms with E-state index in [2.05, 4.69) is 0 Å². The zero-order valence-corrected chi connectivity index (χ0v) is 8.60. The van der Waals surface area contributed by atoms with Crippen LogP contribution in [-0.2, 0) is 4.79 Å². The molecule has 0 radical (unpaired) electrons. The van der Waals surface area contributed by atoms with Crippen LogP contribution in [0.25, 0.3) is 0 Å². The number of carbonyl (C=O) groups is 2. The van der Waals surface area contributed by atoms with Crippen LogP contribution in [0.2, 0.25) is 0 Å². The summed E-state index contributed by atoms with van der Waals surface area (Å²) >= 11 is 0. The molecule has 0 aromatic carbocycles. The molecular weight excluding hydrogens is 196 g/mol. The van der Waals surface area contributed by atoms with Crippen LogP contribution in [0.4, 0.5) is 0 Å². The Bertz CT molecular complexity index is 332. The maximum Gasteiger partial charge on any atom is 0.231 e. The standard InChI is InChI=1S/C10H14N2O3/c1-2-12(7-10(11)14)6-8(13)9-4-3-5-15-9/h3-5H,2,6-7H2,1H3,(H2,11,14). The van der Waals surface area contributed by atoms with Gasteiger partial charge in [0.1, 0.15) is 0 Å². The van der Waals surface area contributed by atoms with Crippen LogP contribution in [0, 0.1) is 0 Å². The molecule has 1 aromatic rings. The molecule has 1 aromatic heterocycles. The van der Waals surface area contributed by atoms with Gasteiger partial charge in [0.15, 0.2) is 5.76 Å². The molecule has 1 rings (SSSR count). The fourth-order valence-electron chi connectivity index (χ4n) is 1.22. The van der Waals surface area contributed by atoms with Gasteiger partial charge in [-0.2, -0.15) is 0 Å². The van der Waals surface area contributed by atoms with Gasteiger partial charge in [0.2, 0.25) is 11.7 Å². The zero-order valence-electron chi connectivity index (χ0n) is 8.60. The van der Waals surface area contributed by atoms with Crippen LogP contribution in [-0.4, -0.2) is 36.2 Å². The fourth-order valence-corrected chi connectivity index (χ4v) is 1.22. The van der Waals surface area contributed by atoms with E-state index in [1.807, 2.05) is 6.92 Å². The Morgan fingerprint density at radius 3 is 2.67 bits per heavy atom. The number of hydrogen-bond acceptors (Lipinski definition) is 4. The van der Waals surface area contributed by atoms with Crippen molar-refractivity contribution >= 4 is 11.7 Å². The molecule has 1 amide bonds. The van der Waals surface area contributed by atoms with Crippen LogP contribution in [0.1, 0.15) is 17.5 Å². The Morgan fingerprint density at radius 2 is 2.20 bits per heavy atom. The second kappa shape index (κ2) is 5.31. The number of carbonyl (C=O) groups excluding carboxylic acids is 2. The highest BCUT2D eigenvalue weighted by atomic mass is 16.3. The average Bonchev–Trinajstić information content (AvgIpc) is 2.68. The van der Waals surface area contributed by atoms with Crippen LogP contribution >= 0.6 is 0 Å². The minimum absolute atomic E-state index is 0.0863. The summed E-state index contributed by atoms with van der Waals surface area (Å²) < 4.78 is 4.95.